The molecular formula is C6H9NO2S. The highest BCUT2D eigenvalue weighted by atomic mass is 32.2. The van der Waals surface area contributed by atoms with Crippen molar-refractivity contribution in [2.75, 3.05) is 6.26 Å². The van der Waals surface area contributed by atoms with Gasteiger partial charge in [0.1, 0.15) is 0 Å². The van der Waals surface area contributed by atoms with Gasteiger partial charge in [0.2, 0.25) is 0 Å². The molecule has 3 nitrogen and oxygen atoms in total. The summed E-state index contributed by atoms with van der Waals surface area (Å²) in [6.45, 7) is 1.81. The van der Waals surface area contributed by atoms with Crippen LogP contribution in [0.5, 0.6) is 0 Å². The maximum Gasteiger partial charge on any atom is 0.177 e. The summed E-state index contributed by atoms with van der Waals surface area (Å²) in [7, 11) is -3.01. The van der Waals surface area contributed by atoms with E-state index in [9.17, 15) is 8.42 Å². The number of nitrogens with one attached hydrogen (secondary N) is 1. The third kappa shape index (κ3) is 1.39. The Morgan fingerprint density at radius 2 is 2.10 bits per heavy atom. The monoisotopic (exact) mass is 159 g/mol. The predicted octanol–water partition coefficient (Wildman–Crippen LogP) is 0.727. The molecule has 0 aliphatic heterocycles. The lowest BCUT2D eigenvalue weighted by Crippen LogP contribution is -1.93. The average molecular weight is 159 g/mol. The third-order valence-electron chi connectivity index (χ3n) is 1.23. The van der Waals surface area contributed by atoms with Crippen molar-refractivity contribution in [2.45, 2.75) is 11.8 Å². The van der Waals surface area contributed by atoms with E-state index in [1.165, 1.54) is 12.5 Å². The minimum Gasteiger partial charge on any atom is -0.364 e. The van der Waals surface area contributed by atoms with Crippen molar-refractivity contribution in [1.29, 1.82) is 0 Å². The highest BCUT2D eigenvalue weighted by molar-refractivity contribution is 7.90. The topological polar surface area (TPSA) is 49.9 Å². The molecule has 0 aromatic carbocycles. The van der Waals surface area contributed by atoms with Crippen molar-refractivity contribution < 1.29 is 8.42 Å². The Kier molecular flexibility index (Phi) is 1.56. The molecule has 0 spiro atoms. The van der Waals surface area contributed by atoms with E-state index in [-0.39, 0.29) is 0 Å². The molecule has 1 heterocycles. The van der Waals surface area contributed by atoms with E-state index < -0.39 is 9.84 Å². The minimum absolute atomic E-state index is 0.352. The Bertz CT molecular complexity index is 323. The van der Waals surface area contributed by atoms with Crippen LogP contribution in [0.2, 0.25) is 0 Å². The molecule has 56 valence electrons. The highest BCUT2D eigenvalue weighted by Gasteiger charge is 2.06. The number of aromatic nitrogens is 1. The quantitative estimate of drug-likeness (QED) is 0.656. The number of aryl methyl sites for hydroxylation is 1. The average Bonchev–Trinajstić information content (AvgIpc) is 2.11. The first-order valence-corrected chi connectivity index (χ1v) is 4.74. The first-order valence-electron chi connectivity index (χ1n) is 2.85. The highest BCUT2D eigenvalue weighted by Crippen LogP contribution is 2.08. The van der Waals surface area contributed by atoms with Crippen LogP contribution in [0.1, 0.15) is 5.69 Å². The van der Waals surface area contributed by atoms with Crippen LogP contribution >= 0.6 is 0 Å². The number of rotatable bonds is 1. The second kappa shape index (κ2) is 2.12. The molecular weight excluding hydrogens is 150 g/mol. The molecule has 0 saturated heterocycles. The van der Waals surface area contributed by atoms with E-state index in [2.05, 4.69) is 4.98 Å². The van der Waals surface area contributed by atoms with Gasteiger partial charge in [0, 0.05) is 18.1 Å². The molecule has 1 rings (SSSR count). The van der Waals surface area contributed by atoms with Crippen molar-refractivity contribution in [3.63, 3.8) is 0 Å². The summed E-state index contributed by atoms with van der Waals surface area (Å²) in [6.07, 6.45) is 2.68. The van der Waals surface area contributed by atoms with Crippen LogP contribution in [0, 0.1) is 6.92 Å². The molecule has 0 aliphatic carbocycles. The fourth-order valence-electron chi connectivity index (χ4n) is 0.696. The normalized spacial score (nSPS) is 11.8. The van der Waals surface area contributed by atoms with Gasteiger partial charge in [0.15, 0.2) is 9.84 Å². The molecule has 0 unspecified atom stereocenters. The number of sulfone groups is 1. The van der Waals surface area contributed by atoms with E-state index >= 15 is 0 Å². The molecule has 0 radical (unpaired) electrons. The van der Waals surface area contributed by atoms with Gasteiger partial charge in [0.25, 0.3) is 0 Å². The Labute approximate surface area is 60.0 Å². The molecule has 4 heteroatoms. The molecule has 1 N–H and O–H groups in total. The Hall–Kier alpha value is -0.770. The summed E-state index contributed by atoms with van der Waals surface area (Å²) in [6, 6.07) is 1.61. The van der Waals surface area contributed by atoms with Gasteiger partial charge in [-0.2, -0.15) is 0 Å². The Morgan fingerprint density at radius 3 is 2.30 bits per heavy atom. The summed E-state index contributed by atoms with van der Waals surface area (Å²) in [5, 5.41) is 0. The first-order chi connectivity index (χ1) is 4.50. The number of hydrogen-bond acceptors (Lipinski definition) is 2. The van der Waals surface area contributed by atoms with Crippen molar-refractivity contribution in [3.05, 3.63) is 18.0 Å². The maximum absolute atomic E-state index is 10.8. The van der Waals surface area contributed by atoms with Crippen LogP contribution in [-0.4, -0.2) is 19.7 Å². The van der Waals surface area contributed by atoms with Crippen molar-refractivity contribution in [1.82, 2.24) is 4.98 Å². The van der Waals surface area contributed by atoms with Crippen molar-refractivity contribution >= 4 is 9.84 Å². The summed E-state index contributed by atoms with van der Waals surface area (Å²) < 4.78 is 21.7. The second-order valence-electron chi connectivity index (χ2n) is 2.29. The SMILES string of the molecule is Cc1cc(S(C)(=O)=O)c[nH]1. The summed E-state index contributed by atoms with van der Waals surface area (Å²) in [4.78, 5) is 3.15. The number of hydrogen-bond donors (Lipinski definition) is 1. The molecule has 0 atom stereocenters. The van der Waals surface area contributed by atoms with Crippen LogP contribution in [0.25, 0.3) is 0 Å². The van der Waals surface area contributed by atoms with Gasteiger partial charge in [-0.1, -0.05) is 0 Å². The van der Waals surface area contributed by atoms with E-state index in [0.29, 0.717) is 4.90 Å². The van der Waals surface area contributed by atoms with Crippen molar-refractivity contribution in [2.24, 2.45) is 0 Å². The lowest BCUT2D eigenvalue weighted by atomic mass is 10.5. The maximum atomic E-state index is 10.8. The van der Waals surface area contributed by atoms with Crippen LogP contribution in [0.4, 0.5) is 0 Å². The van der Waals surface area contributed by atoms with Gasteiger partial charge >= 0.3 is 0 Å². The predicted molar refractivity (Wildman–Crippen MR) is 38.6 cm³/mol. The smallest absolute Gasteiger partial charge is 0.177 e. The Balaban J connectivity index is 3.21. The molecule has 0 fully saturated rings. The molecule has 1 aromatic heterocycles. The first kappa shape index (κ1) is 7.34. The molecule has 0 amide bonds. The van der Waals surface area contributed by atoms with Crippen LogP contribution in [-0.2, 0) is 9.84 Å². The van der Waals surface area contributed by atoms with E-state index in [1.54, 1.807) is 6.07 Å². The lowest BCUT2D eigenvalue weighted by Gasteiger charge is -1.87. The van der Waals surface area contributed by atoms with Crippen LogP contribution in [0.15, 0.2) is 17.2 Å². The standard InChI is InChI=1S/C6H9NO2S/c1-5-3-6(4-7-5)10(2,8)9/h3-4,7H,1-2H3. The minimum atomic E-state index is -3.01. The molecule has 1 aromatic rings. The summed E-state index contributed by atoms with van der Waals surface area (Å²) in [5.41, 5.74) is 0.862. The van der Waals surface area contributed by atoms with Gasteiger partial charge in [-0.15, -0.1) is 0 Å². The van der Waals surface area contributed by atoms with E-state index in [4.69, 9.17) is 0 Å². The fraction of sp³-hybridized carbons (Fsp3) is 0.333. The van der Waals surface area contributed by atoms with Gasteiger partial charge in [-0.05, 0) is 13.0 Å². The third-order valence-corrected chi connectivity index (χ3v) is 2.32. The van der Waals surface area contributed by atoms with Crippen LogP contribution < -0.4 is 0 Å². The van der Waals surface area contributed by atoms with Gasteiger partial charge in [-0.25, -0.2) is 8.42 Å². The Morgan fingerprint density at radius 1 is 1.50 bits per heavy atom. The van der Waals surface area contributed by atoms with Gasteiger partial charge < -0.3 is 4.98 Å². The molecule has 10 heavy (non-hydrogen) atoms. The molecule has 0 bridgehead atoms. The number of H-pyrrole nitrogens is 1. The van der Waals surface area contributed by atoms with E-state index in [0.717, 1.165) is 5.69 Å². The van der Waals surface area contributed by atoms with Crippen LogP contribution in [0.3, 0.4) is 0 Å². The number of aromatic amines is 1. The zero-order valence-electron chi connectivity index (χ0n) is 5.88. The largest absolute Gasteiger partial charge is 0.364 e. The van der Waals surface area contributed by atoms with Gasteiger partial charge in [-0.3, -0.25) is 0 Å². The summed E-state index contributed by atoms with van der Waals surface area (Å²) in [5.74, 6) is 0. The van der Waals surface area contributed by atoms with Crippen molar-refractivity contribution in [3.8, 4) is 0 Å². The second-order valence-corrected chi connectivity index (χ2v) is 4.31. The molecule has 0 saturated carbocycles. The summed E-state index contributed by atoms with van der Waals surface area (Å²) >= 11 is 0. The lowest BCUT2D eigenvalue weighted by molar-refractivity contribution is 0.602. The van der Waals surface area contributed by atoms with E-state index in [1.807, 2.05) is 6.92 Å². The van der Waals surface area contributed by atoms with Gasteiger partial charge in [0.05, 0.1) is 4.90 Å². The zero-order chi connectivity index (χ0) is 7.78. The fourth-order valence-corrected chi connectivity index (χ4v) is 1.36. The molecule has 0 aliphatic rings. The zero-order valence-corrected chi connectivity index (χ0v) is 6.70.